The van der Waals surface area contributed by atoms with Crippen molar-refractivity contribution in [3.63, 3.8) is 0 Å². The van der Waals surface area contributed by atoms with Crippen LogP contribution in [0.5, 0.6) is 0 Å². The van der Waals surface area contributed by atoms with Gasteiger partial charge in [0, 0.05) is 12.5 Å². The fraction of sp³-hybridized carbons (Fsp3) is 0.500. The maximum absolute atomic E-state index is 7.51. The van der Waals surface area contributed by atoms with E-state index in [9.17, 15) is 0 Å². The normalized spacial score (nSPS) is 15.9. The van der Waals surface area contributed by atoms with Crippen molar-refractivity contribution < 1.29 is 14.8 Å². The summed E-state index contributed by atoms with van der Waals surface area (Å²) in [6.07, 6.45) is 2.11. The van der Waals surface area contributed by atoms with E-state index in [1.165, 1.54) is 6.08 Å². The van der Waals surface area contributed by atoms with Gasteiger partial charge in [-0.25, -0.2) is 9.78 Å². The summed E-state index contributed by atoms with van der Waals surface area (Å²) in [5.74, 6) is 0. The zero-order chi connectivity index (χ0) is 7.66. The molecule has 56 valence electrons. The van der Waals surface area contributed by atoms with Crippen molar-refractivity contribution in [2.24, 2.45) is 0 Å². The van der Waals surface area contributed by atoms with Gasteiger partial charge in [0.05, 0.1) is 19.3 Å². The molecule has 0 unspecified atom stereocenters. The van der Waals surface area contributed by atoms with E-state index >= 15 is 0 Å². The highest BCUT2D eigenvalue weighted by Gasteiger charge is 1.96. The summed E-state index contributed by atoms with van der Waals surface area (Å²) in [5, 5.41) is 11.6. The Morgan fingerprint density at radius 3 is 2.00 bits per heavy atom. The van der Waals surface area contributed by atoms with Crippen molar-refractivity contribution in [2.75, 3.05) is 13.2 Å². The summed E-state index contributed by atoms with van der Waals surface area (Å²) < 4.78 is 0. The molecule has 0 N–H and O–H groups in total. The lowest BCUT2D eigenvalue weighted by atomic mass is 10.5. The van der Waals surface area contributed by atoms with E-state index in [1.807, 2.05) is 0 Å². The zero-order valence-electron chi connectivity index (χ0n) is 5.58. The molecule has 1 fully saturated rings. The van der Waals surface area contributed by atoms with Gasteiger partial charge in [-0.3, -0.25) is 0 Å². The van der Waals surface area contributed by atoms with Gasteiger partial charge >= 0.3 is 0 Å². The monoisotopic (exact) mass is 143 g/mol. The van der Waals surface area contributed by atoms with Crippen LogP contribution in [0.25, 0.3) is 0 Å². The Morgan fingerprint density at radius 2 is 1.90 bits per heavy atom. The summed E-state index contributed by atoms with van der Waals surface area (Å²) in [6, 6.07) is 1.69. The van der Waals surface area contributed by atoms with E-state index in [1.54, 1.807) is 6.07 Å². The largest absolute Gasteiger partial charge is 0.206 e. The lowest BCUT2D eigenvalue weighted by molar-refractivity contribution is -0.532. The predicted molar refractivity (Wildman–Crippen MR) is 33.4 cm³/mol. The van der Waals surface area contributed by atoms with Crippen LogP contribution in [-0.4, -0.2) is 13.2 Å². The molecule has 4 heteroatoms. The molecule has 0 spiro atoms. The van der Waals surface area contributed by atoms with Gasteiger partial charge in [0.25, 0.3) is 0 Å². The van der Waals surface area contributed by atoms with Gasteiger partial charge < -0.3 is 0 Å². The van der Waals surface area contributed by atoms with Crippen molar-refractivity contribution in [3.05, 3.63) is 12.7 Å². The number of hydrogen-bond acceptors (Lipinski definition) is 4. The first-order chi connectivity index (χ1) is 4.91. The van der Waals surface area contributed by atoms with E-state index in [0.717, 1.165) is 6.42 Å². The molecule has 0 saturated carbocycles. The lowest BCUT2D eigenvalue weighted by Gasteiger charge is -2.06. The molecule has 1 saturated heterocycles. The quantitative estimate of drug-likeness (QED) is 0.374. The van der Waals surface area contributed by atoms with E-state index in [-0.39, 0.29) is 0 Å². The van der Waals surface area contributed by atoms with Gasteiger partial charge in [0.1, 0.15) is 0 Å². The molecular weight excluding hydrogens is 134 g/mol. The molecule has 1 aliphatic heterocycles. The van der Waals surface area contributed by atoms with Crippen LogP contribution in [0.4, 0.5) is 0 Å². The second-order valence-electron chi connectivity index (χ2n) is 1.40. The number of allylic oxidation sites excluding steroid dienone is 1. The minimum Gasteiger partial charge on any atom is -0.206 e. The summed E-state index contributed by atoms with van der Waals surface area (Å²) >= 11 is 0. The molecule has 0 aromatic heterocycles. The minimum absolute atomic E-state index is 0.653. The van der Waals surface area contributed by atoms with Crippen molar-refractivity contribution >= 4 is 0 Å². The van der Waals surface area contributed by atoms with E-state index in [0.29, 0.717) is 13.2 Å². The van der Waals surface area contributed by atoms with Crippen molar-refractivity contribution in [2.45, 2.75) is 6.42 Å². The molecule has 0 aliphatic carbocycles. The van der Waals surface area contributed by atoms with E-state index < -0.39 is 0 Å². The van der Waals surface area contributed by atoms with Crippen molar-refractivity contribution in [1.29, 1.82) is 5.26 Å². The Bertz CT molecular complexity index is 103. The van der Waals surface area contributed by atoms with Gasteiger partial charge in [0.15, 0.2) is 0 Å². The van der Waals surface area contributed by atoms with Crippen LogP contribution in [0, 0.1) is 11.3 Å². The number of nitriles is 1. The average Bonchev–Trinajstić information content (AvgIpc) is 2.08. The third-order valence-corrected chi connectivity index (χ3v) is 0.643. The third-order valence-electron chi connectivity index (χ3n) is 0.643. The Hall–Kier alpha value is -0.890. The molecule has 1 heterocycles. The fourth-order valence-electron chi connectivity index (χ4n) is 0.279. The van der Waals surface area contributed by atoms with Gasteiger partial charge in [0.2, 0.25) is 0 Å². The Balaban J connectivity index is 0.000000180. The number of hydrogen-bond donors (Lipinski definition) is 0. The van der Waals surface area contributed by atoms with Crippen LogP contribution in [0.1, 0.15) is 6.42 Å². The summed E-state index contributed by atoms with van der Waals surface area (Å²) in [7, 11) is 0. The molecule has 4 nitrogen and oxygen atoms in total. The smallest absolute Gasteiger partial charge is 0.0905 e. The summed E-state index contributed by atoms with van der Waals surface area (Å²) in [5.41, 5.74) is 0. The van der Waals surface area contributed by atoms with Crippen molar-refractivity contribution in [1.82, 2.24) is 0 Å². The van der Waals surface area contributed by atoms with Gasteiger partial charge in [-0.05, 0) is 0 Å². The molecule has 1 rings (SSSR count). The van der Waals surface area contributed by atoms with Crippen LogP contribution < -0.4 is 0 Å². The Kier molecular flexibility index (Phi) is 7.39. The molecule has 0 aromatic carbocycles. The third kappa shape index (κ3) is 7.11. The molecule has 0 bridgehead atoms. The average molecular weight is 143 g/mol. The first-order valence-electron chi connectivity index (χ1n) is 2.83. The maximum atomic E-state index is 7.51. The maximum Gasteiger partial charge on any atom is 0.0905 e. The van der Waals surface area contributed by atoms with Gasteiger partial charge in [-0.15, -0.1) is 0 Å². The molecule has 10 heavy (non-hydrogen) atoms. The highest BCUT2D eigenvalue weighted by atomic mass is 17.5. The molecule has 0 aromatic rings. The van der Waals surface area contributed by atoms with Crippen LogP contribution in [0.3, 0.4) is 0 Å². The highest BCUT2D eigenvalue weighted by molar-refractivity contribution is 4.93. The Morgan fingerprint density at radius 1 is 1.40 bits per heavy atom. The Labute approximate surface area is 59.5 Å². The van der Waals surface area contributed by atoms with Crippen LogP contribution >= 0.6 is 0 Å². The molecule has 0 radical (unpaired) electrons. The standard InChI is InChI=1S/C3H3N.C3H6O3/c1-2-3-4;1-2-4-6-5-3-1/h2H,1H2;1-3H2. The van der Waals surface area contributed by atoms with Crippen LogP contribution in [-0.2, 0) is 14.8 Å². The van der Waals surface area contributed by atoms with Gasteiger partial charge in [-0.2, -0.15) is 5.26 Å². The topological polar surface area (TPSA) is 51.5 Å². The van der Waals surface area contributed by atoms with E-state index in [4.69, 9.17) is 5.26 Å². The second-order valence-corrected chi connectivity index (χ2v) is 1.40. The zero-order valence-corrected chi connectivity index (χ0v) is 5.58. The first kappa shape index (κ1) is 9.11. The molecular formula is C6H9NO3. The first-order valence-corrected chi connectivity index (χ1v) is 2.83. The van der Waals surface area contributed by atoms with Crippen molar-refractivity contribution in [3.8, 4) is 6.07 Å². The highest BCUT2D eigenvalue weighted by Crippen LogP contribution is 1.93. The summed E-state index contributed by atoms with van der Waals surface area (Å²) in [4.78, 5) is 8.69. The SMILES string of the molecule is C1COOOC1.C=CC#N. The fourth-order valence-corrected chi connectivity index (χ4v) is 0.279. The number of nitrogens with zero attached hydrogens (tertiary/aromatic N) is 1. The molecule has 1 aliphatic rings. The summed E-state index contributed by atoms with van der Waals surface area (Å²) in [6.45, 7) is 4.42. The van der Waals surface area contributed by atoms with Gasteiger partial charge in [-0.1, -0.05) is 11.6 Å². The second kappa shape index (κ2) is 8.11. The molecule has 0 atom stereocenters. The number of rotatable bonds is 0. The lowest BCUT2D eigenvalue weighted by Crippen LogP contribution is -2.08. The van der Waals surface area contributed by atoms with Crippen LogP contribution in [0.2, 0.25) is 0 Å². The minimum atomic E-state index is 0.653. The van der Waals surface area contributed by atoms with E-state index in [2.05, 4.69) is 21.4 Å². The molecule has 0 amide bonds. The predicted octanol–water partition coefficient (Wildman–Crippen LogP) is 0.966. The van der Waals surface area contributed by atoms with Crippen LogP contribution in [0.15, 0.2) is 12.7 Å².